The number of epoxide rings is 1. The Morgan fingerprint density at radius 3 is 2.61 bits per heavy atom. The zero-order valence-corrected chi connectivity index (χ0v) is 12.7. The van der Waals surface area contributed by atoms with Crippen molar-refractivity contribution in [3.63, 3.8) is 0 Å². The van der Waals surface area contributed by atoms with Crippen LogP contribution in [0.25, 0.3) is 10.8 Å². The van der Waals surface area contributed by atoms with Crippen molar-refractivity contribution in [3.05, 3.63) is 42.0 Å². The maximum atomic E-state index is 12.5. The van der Waals surface area contributed by atoms with Gasteiger partial charge in [0.05, 0.1) is 19.3 Å². The molecule has 1 heterocycles. The zero-order valence-electron chi connectivity index (χ0n) is 12.7. The van der Waals surface area contributed by atoms with Crippen LogP contribution in [0.3, 0.4) is 0 Å². The number of carbonyl (C=O) groups is 2. The minimum absolute atomic E-state index is 0.246. The molecule has 0 saturated carbocycles. The quantitative estimate of drug-likeness (QED) is 0.672. The van der Waals surface area contributed by atoms with Crippen molar-refractivity contribution in [1.82, 2.24) is 0 Å². The highest BCUT2D eigenvalue weighted by Crippen LogP contribution is 2.34. The van der Waals surface area contributed by atoms with E-state index >= 15 is 0 Å². The van der Waals surface area contributed by atoms with E-state index in [0.717, 1.165) is 5.39 Å². The summed E-state index contributed by atoms with van der Waals surface area (Å²) in [5, 5.41) is 10.8. The van der Waals surface area contributed by atoms with Crippen LogP contribution in [0.4, 0.5) is 0 Å². The van der Waals surface area contributed by atoms with Crippen LogP contribution in [-0.2, 0) is 14.3 Å². The second-order valence-corrected chi connectivity index (χ2v) is 5.62. The van der Waals surface area contributed by atoms with Gasteiger partial charge in [0.1, 0.15) is 11.4 Å². The molecule has 1 aliphatic heterocycles. The molecule has 0 unspecified atom stereocenters. The highest BCUT2D eigenvalue weighted by molar-refractivity contribution is 6.05. The molecule has 23 heavy (non-hydrogen) atoms. The zero-order chi connectivity index (χ0) is 16.6. The summed E-state index contributed by atoms with van der Waals surface area (Å²) in [5.41, 5.74) is -0.702. The van der Waals surface area contributed by atoms with Gasteiger partial charge < -0.3 is 19.3 Å². The van der Waals surface area contributed by atoms with Crippen LogP contribution in [0.5, 0.6) is 5.75 Å². The number of fused-ring (bicyclic) bond motifs is 1. The molecule has 0 spiro atoms. The largest absolute Gasteiger partial charge is 0.497 e. The van der Waals surface area contributed by atoms with Gasteiger partial charge in [-0.2, -0.15) is 0 Å². The van der Waals surface area contributed by atoms with Crippen molar-refractivity contribution >= 4 is 22.7 Å². The van der Waals surface area contributed by atoms with E-state index < -0.39 is 23.6 Å². The first-order valence-electron chi connectivity index (χ1n) is 7.09. The van der Waals surface area contributed by atoms with Crippen LogP contribution in [0.15, 0.2) is 36.4 Å². The van der Waals surface area contributed by atoms with Crippen LogP contribution in [0, 0.1) is 0 Å². The number of ether oxygens (including phenoxy) is 3. The molecule has 0 aromatic heterocycles. The number of carboxylic acids is 1. The summed E-state index contributed by atoms with van der Waals surface area (Å²) < 4.78 is 15.5. The maximum absolute atomic E-state index is 12.5. The van der Waals surface area contributed by atoms with Crippen molar-refractivity contribution in [2.45, 2.75) is 18.6 Å². The van der Waals surface area contributed by atoms with E-state index in [1.54, 1.807) is 31.2 Å². The topological polar surface area (TPSA) is 85.4 Å². The Hall–Kier alpha value is -2.60. The molecule has 120 valence electrons. The van der Waals surface area contributed by atoms with E-state index in [2.05, 4.69) is 0 Å². The highest BCUT2D eigenvalue weighted by atomic mass is 16.6. The number of hydrogen-bond donors (Lipinski definition) is 1. The molecule has 2 atom stereocenters. The molecule has 0 aliphatic carbocycles. The lowest BCUT2D eigenvalue weighted by atomic mass is 10.0. The lowest BCUT2D eigenvalue weighted by Gasteiger charge is -2.18. The molecular formula is C17H16O6. The number of aliphatic carboxylic acids is 1. The fourth-order valence-corrected chi connectivity index (χ4v) is 2.44. The molecule has 2 aromatic carbocycles. The van der Waals surface area contributed by atoms with Gasteiger partial charge in [-0.1, -0.05) is 24.3 Å². The van der Waals surface area contributed by atoms with Crippen LogP contribution in [-0.4, -0.2) is 42.5 Å². The first-order valence-corrected chi connectivity index (χ1v) is 7.09. The van der Waals surface area contributed by atoms with Crippen molar-refractivity contribution in [3.8, 4) is 5.75 Å². The van der Waals surface area contributed by atoms with E-state index in [1.165, 1.54) is 7.11 Å². The van der Waals surface area contributed by atoms with Gasteiger partial charge >= 0.3 is 11.9 Å². The molecular weight excluding hydrogens is 300 g/mol. The third-order valence-corrected chi connectivity index (χ3v) is 3.89. The Kier molecular flexibility index (Phi) is 3.69. The fraction of sp³-hybridized carbons (Fsp3) is 0.294. The first kappa shape index (κ1) is 15.3. The Labute approximate surface area is 132 Å². The average Bonchev–Trinajstić information content (AvgIpc) is 3.29. The van der Waals surface area contributed by atoms with Gasteiger partial charge in [0, 0.05) is 0 Å². The summed E-state index contributed by atoms with van der Waals surface area (Å²) in [4.78, 5) is 23.9. The minimum atomic E-state index is -1.35. The van der Waals surface area contributed by atoms with Gasteiger partial charge in [0.15, 0.2) is 0 Å². The van der Waals surface area contributed by atoms with E-state index in [1.807, 2.05) is 12.1 Å². The molecule has 6 heteroatoms. The smallest absolute Gasteiger partial charge is 0.348 e. The standard InChI is InChI=1S/C17H16O6/c1-17(9-22-17)14(15(18)19)23-16(20)13-8-11(21-2)7-10-5-3-4-6-12(10)13/h3-8,14H,9H2,1-2H3,(H,18,19)/t14-,17+/m1/s1. The molecule has 1 aliphatic rings. The normalized spacial score (nSPS) is 20.8. The SMILES string of the molecule is COc1cc(C(=O)O[C@H](C(=O)O)[C@]2(C)CO2)c2ccccc2c1. The molecule has 0 radical (unpaired) electrons. The number of carboxylic acid groups (broad SMARTS) is 1. The Morgan fingerprint density at radius 1 is 1.30 bits per heavy atom. The number of carbonyl (C=O) groups excluding carboxylic acids is 1. The molecule has 6 nitrogen and oxygen atoms in total. The third kappa shape index (κ3) is 2.85. The summed E-state index contributed by atoms with van der Waals surface area (Å²) in [7, 11) is 1.50. The van der Waals surface area contributed by atoms with Gasteiger partial charge in [0.25, 0.3) is 0 Å². The number of rotatable bonds is 5. The van der Waals surface area contributed by atoms with Gasteiger partial charge in [-0.3, -0.25) is 0 Å². The summed E-state index contributed by atoms with van der Waals surface area (Å²) in [6.45, 7) is 1.85. The van der Waals surface area contributed by atoms with Crippen molar-refractivity contribution < 1.29 is 28.9 Å². The Bertz CT molecular complexity index is 778. The van der Waals surface area contributed by atoms with Crippen LogP contribution >= 0.6 is 0 Å². The van der Waals surface area contributed by atoms with Crippen molar-refractivity contribution in [2.75, 3.05) is 13.7 Å². The van der Waals surface area contributed by atoms with Crippen molar-refractivity contribution in [1.29, 1.82) is 0 Å². The molecule has 0 bridgehead atoms. The lowest BCUT2D eigenvalue weighted by molar-refractivity contribution is -0.150. The second-order valence-electron chi connectivity index (χ2n) is 5.62. The highest BCUT2D eigenvalue weighted by Gasteiger charge is 2.53. The number of hydrogen-bond acceptors (Lipinski definition) is 5. The number of benzene rings is 2. The minimum Gasteiger partial charge on any atom is -0.497 e. The monoisotopic (exact) mass is 316 g/mol. The molecule has 1 saturated heterocycles. The van der Waals surface area contributed by atoms with Gasteiger partial charge in [-0.05, 0) is 29.8 Å². The molecule has 2 aromatic rings. The Morgan fingerprint density at radius 2 is 2.00 bits per heavy atom. The van der Waals surface area contributed by atoms with E-state index in [-0.39, 0.29) is 12.2 Å². The van der Waals surface area contributed by atoms with E-state index in [9.17, 15) is 14.7 Å². The van der Waals surface area contributed by atoms with Gasteiger partial charge in [-0.15, -0.1) is 0 Å². The first-order chi connectivity index (χ1) is 10.9. The van der Waals surface area contributed by atoms with E-state index in [0.29, 0.717) is 11.1 Å². The number of methoxy groups -OCH3 is 1. The van der Waals surface area contributed by atoms with Gasteiger partial charge in [0.2, 0.25) is 6.10 Å². The van der Waals surface area contributed by atoms with Crippen LogP contribution < -0.4 is 4.74 Å². The van der Waals surface area contributed by atoms with Crippen molar-refractivity contribution in [2.24, 2.45) is 0 Å². The maximum Gasteiger partial charge on any atom is 0.348 e. The lowest BCUT2D eigenvalue weighted by Crippen LogP contribution is -2.39. The third-order valence-electron chi connectivity index (χ3n) is 3.89. The van der Waals surface area contributed by atoms with Crippen LogP contribution in [0.1, 0.15) is 17.3 Å². The van der Waals surface area contributed by atoms with E-state index in [4.69, 9.17) is 14.2 Å². The predicted octanol–water partition coefficient (Wildman–Crippen LogP) is 2.25. The summed E-state index contributed by atoms with van der Waals surface area (Å²) in [5.74, 6) is -1.45. The van der Waals surface area contributed by atoms with Gasteiger partial charge in [-0.25, -0.2) is 9.59 Å². The summed E-state index contributed by atoms with van der Waals surface area (Å²) in [6, 6.07) is 10.6. The molecule has 1 N–H and O–H groups in total. The molecule has 0 amide bonds. The molecule has 3 rings (SSSR count). The number of esters is 1. The fourth-order valence-electron chi connectivity index (χ4n) is 2.44. The second kappa shape index (κ2) is 5.55. The summed E-state index contributed by atoms with van der Waals surface area (Å²) >= 11 is 0. The average molecular weight is 316 g/mol. The predicted molar refractivity (Wildman–Crippen MR) is 81.7 cm³/mol. The Balaban J connectivity index is 1.98. The summed E-state index contributed by atoms with van der Waals surface area (Å²) in [6.07, 6.45) is -1.35. The van der Waals surface area contributed by atoms with Crippen LogP contribution in [0.2, 0.25) is 0 Å². The molecule has 1 fully saturated rings.